The van der Waals surface area contributed by atoms with Crippen LogP contribution in [0.1, 0.15) is 25.7 Å². The number of rotatable bonds is 5. The van der Waals surface area contributed by atoms with E-state index in [9.17, 15) is 13.2 Å². The number of alkyl halides is 3. The van der Waals surface area contributed by atoms with Crippen LogP contribution in [0.3, 0.4) is 0 Å². The SMILES string of the molecule is FC(F)(F)CONC(C1CC1)C1CC1. The van der Waals surface area contributed by atoms with Gasteiger partial charge in [0.2, 0.25) is 0 Å². The second-order valence-corrected chi connectivity index (χ2v) is 4.22. The third kappa shape index (κ3) is 3.13. The molecule has 2 aliphatic carbocycles. The molecule has 2 saturated carbocycles. The molecule has 0 aliphatic heterocycles. The van der Waals surface area contributed by atoms with Crippen molar-refractivity contribution in [1.29, 1.82) is 0 Å². The Hall–Kier alpha value is -0.290. The van der Waals surface area contributed by atoms with Gasteiger partial charge < -0.3 is 0 Å². The van der Waals surface area contributed by atoms with Crippen LogP contribution in [0.25, 0.3) is 0 Å². The molecule has 2 fully saturated rings. The van der Waals surface area contributed by atoms with E-state index >= 15 is 0 Å². The predicted octanol–water partition coefficient (Wildman–Crippen LogP) is 2.26. The summed E-state index contributed by atoms with van der Waals surface area (Å²) >= 11 is 0. The number of halogens is 3. The van der Waals surface area contributed by atoms with E-state index in [0.717, 1.165) is 25.7 Å². The van der Waals surface area contributed by atoms with Crippen LogP contribution in [0.2, 0.25) is 0 Å². The molecular formula is C9H14F3NO. The maximum absolute atomic E-state index is 11.8. The minimum absolute atomic E-state index is 0.164. The van der Waals surface area contributed by atoms with E-state index in [4.69, 9.17) is 0 Å². The van der Waals surface area contributed by atoms with Crippen molar-refractivity contribution in [2.24, 2.45) is 11.8 Å². The van der Waals surface area contributed by atoms with Gasteiger partial charge in [0.25, 0.3) is 0 Å². The lowest BCUT2D eigenvalue weighted by atomic mass is 10.1. The molecule has 0 unspecified atom stereocenters. The molecule has 0 spiro atoms. The van der Waals surface area contributed by atoms with Gasteiger partial charge in [-0.25, -0.2) is 0 Å². The van der Waals surface area contributed by atoms with E-state index < -0.39 is 12.8 Å². The summed E-state index contributed by atoms with van der Waals surface area (Å²) in [5.41, 5.74) is 2.58. The van der Waals surface area contributed by atoms with Gasteiger partial charge in [0.1, 0.15) is 0 Å². The number of nitrogens with one attached hydrogen (secondary N) is 1. The van der Waals surface area contributed by atoms with Gasteiger partial charge >= 0.3 is 6.18 Å². The summed E-state index contributed by atoms with van der Waals surface area (Å²) in [5, 5.41) is 0. The highest BCUT2D eigenvalue weighted by molar-refractivity contribution is 4.94. The molecule has 2 aliphatic rings. The van der Waals surface area contributed by atoms with Crippen molar-refractivity contribution in [1.82, 2.24) is 5.48 Å². The molecule has 14 heavy (non-hydrogen) atoms. The first-order valence-corrected chi connectivity index (χ1v) is 5.00. The summed E-state index contributed by atoms with van der Waals surface area (Å²) < 4.78 is 35.3. The van der Waals surface area contributed by atoms with Crippen LogP contribution in [-0.2, 0) is 4.84 Å². The van der Waals surface area contributed by atoms with Gasteiger partial charge in [0, 0.05) is 6.04 Å². The molecule has 0 atom stereocenters. The van der Waals surface area contributed by atoms with Crippen LogP contribution < -0.4 is 5.48 Å². The summed E-state index contributed by atoms with van der Waals surface area (Å²) in [4.78, 5) is 4.49. The molecule has 0 aromatic carbocycles. The summed E-state index contributed by atoms with van der Waals surface area (Å²) in [6, 6.07) is 0.164. The Labute approximate surface area is 80.8 Å². The third-order valence-corrected chi connectivity index (χ3v) is 2.72. The van der Waals surface area contributed by atoms with Gasteiger partial charge in [-0.1, -0.05) is 0 Å². The van der Waals surface area contributed by atoms with Crippen LogP contribution in [0.4, 0.5) is 13.2 Å². The van der Waals surface area contributed by atoms with E-state index in [0.29, 0.717) is 11.8 Å². The summed E-state index contributed by atoms with van der Waals surface area (Å²) in [7, 11) is 0. The van der Waals surface area contributed by atoms with Gasteiger partial charge in [-0.2, -0.15) is 18.7 Å². The van der Waals surface area contributed by atoms with Crippen molar-refractivity contribution in [2.45, 2.75) is 37.9 Å². The summed E-state index contributed by atoms with van der Waals surface area (Å²) in [6.45, 7) is -1.19. The first-order chi connectivity index (χ1) is 6.56. The van der Waals surface area contributed by atoms with Crippen molar-refractivity contribution < 1.29 is 18.0 Å². The van der Waals surface area contributed by atoms with Gasteiger partial charge in [-0.05, 0) is 37.5 Å². The second kappa shape index (κ2) is 3.70. The van der Waals surface area contributed by atoms with E-state index in [1.54, 1.807) is 0 Å². The first-order valence-electron chi connectivity index (χ1n) is 5.00. The molecule has 0 amide bonds. The molecule has 2 rings (SSSR count). The molecule has 0 aromatic heterocycles. The van der Waals surface area contributed by atoms with Crippen molar-refractivity contribution in [3.63, 3.8) is 0 Å². The largest absolute Gasteiger partial charge is 0.413 e. The Morgan fingerprint density at radius 2 is 1.64 bits per heavy atom. The fourth-order valence-corrected chi connectivity index (χ4v) is 1.71. The fourth-order valence-electron chi connectivity index (χ4n) is 1.71. The van der Waals surface area contributed by atoms with E-state index in [2.05, 4.69) is 10.3 Å². The molecule has 1 N–H and O–H groups in total. The normalized spacial score (nSPS) is 23.1. The summed E-state index contributed by atoms with van der Waals surface area (Å²) in [5.74, 6) is 1.10. The average Bonchev–Trinajstić information content (AvgIpc) is 2.89. The highest BCUT2D eigenvalue weighted by Crippen LogP contribution is 2.44. The molecule has 5 heteroatoms. The van der Waals surface area contributed by atoms with E-state index in [1.807, 2.05) is 0 Å². The topological polar surface area (TPSA) is 21.3 Å². The Balaban J connectivity index is 1.67. The lowest BCUT2D eigenvalue weighted by molar-refractivity contribution is -0.194. The van der Waals surface area contributed by atoms with Crippen molar-refractivity contribution in [3.8, 4) is 0 Å². The third-order valence-electron chi connectivity index (χ3n) is 2.72. The maximum Gasteiger partial charge on any atom is 0.413 e. The number of hydrogen-bond donors (Lipinski definition) is 1. The molecular weight excluding hydrogens is 195 g/mol. The van der Waals surface area contributed by atoms with E-state index in [1.165, 1.54) is 0 Å². The second-order valence-electron chi connectivity index (χ2n) is 4.22. The van der Waals surface area contributed by atoms with Gasteiger partial charge in [-0.3, -0.25) is 4.84 Å². The fraction of sp³-hybridized carbons (Fsp3) is 1.00. The van der Waals surface area contributed by atoms with Crippen LogP contribution in [0, 0.1) is 11.8 Å². The van der Waals surface area contributed by atoms with Crippen LogP contribution >= 0.6 is 0 Å². The van der Waals surface area contributed by atoms with Crippen molar-refractivity contribution in [2.75, 3.05) is 6.61 Å². The maximum atomic E-state index is 11.8. The standard InChI is InChI=1S/C9H14F3NO/c10-9(11,12)5-14-13-8(6-1-2-6)7-3-4-7/h6-8,13H,1-5H2. The molecule has 0 aromatic rings. The zero-order valence-electron chi connectivity index (χ0n) is 7.81. The quantitative estimate of drug-likeness (QED) is 0.701. The summed E-state index contributed by atoms with van der Waals surface area (Å²) in [6.07, 6.45) is 0.283. The van der Waals surface area contributed by atoms with Crippen molar-refractivity contribution in [3.05, 3.63) is 0 Å². The Kier molecular flexibility index (Phi) is 2.70. The minimum Gasteiger partial charge on any atom is -0.292 e. The van der Waals surface area contributed by atoms with Gasteiger partial charge in [-0.15, -0.1) is 0 Å². The highest BCUT2D eigenvalue weighted by atomic mass is 19.4. The lowest BCUT2D eigenvalue weighted by Gasteiger charge is -2.17. The monoisotopic (exact) mass is 209 g/mol. The minimum atomic E-state index is -4.23. The first kappa shape index (κ1) is 10.2. The Morgan fingerprint density at radius 1 is 1.14 bits per heavy atom. The predicted molar refractivity (Wildman–Crippen MR) is 44.4 cm³/mol. The Morgan fingerprint density at radius 3 is 2.00 bits per heavy atom. The van der Waals surface area contributed by atoms with Gasteiger partial charge in [0.15, 0.2) is 6.61 Å². The lowest BCUT2D eigenvalue weighted by Crippen LogP contribution is -2.36. The zero-order valence-corrected chi connectivity index (χ0v) is 7.81. The number of hydrogen-bond acceptors (Lipinski definition) is 2. The molecule has 0 heterocycles. The smallest absolute Gasteiger partial charge is 0.292 e. The van der Waals surface area contributed by atoms with Crippen LogP contribution in [-0.4, -0.2) is 18.8 Å². The molecule has 0 saturated heterocycles. The van der Waals surface area contributed by atoms with Gasteiger partial charge in [0.05, 0.1) is 0 Å². The van der Waals surface area contributed by atoms with Crippen LogP contribution in [0.15, 0.2) is 0 Å². The molecule has 0 radical (unpaired) electrons. The van der Waals surface area contributed by atoms with Crippen molar-refractivity contribution >= 4 is 0 Å². The molecule has 2 nitrogen and oxygen atoms in total. The molecule has 0 bridgehead atoms. The Bertz CT molecular complexity index is 187. The molecule has 82 valence electrons. The zero-order chi connectivity index (χ0) is 10.2. The highest BCUT2D eigenvalue weighted by Gasteiger charge is 2.42. The van der Waals surface area contributed by atoms with E-state index in [-0.39, 0.29) is 6.04 Å². The average molecular weight is 209 g/mol. The van der Waals surface area contributed by atoms with Crippen LogP contribution in [0.5, 0.6) is 0 Å². The number of hydroxylamine groups is 1.